The third-order valence-electron chi connectivity index (χ3n) is 2.45. The SMILES string of the molecule is FC(F)(F)CCc1nc(Cl)c2c(n1)CCOC2. The predicted molar refractivity (Wildman–Crippen MR) is 54.8 cm³/mol. The fourth-order valence-electron chi connectivity index (χ4n) is 1.61. The predicted octanol–water partition coefficient (Wildman–Crippen LogP) is 2.70. The minimum Gasteiger partial charge on any atom is -0.376 e. The molecule has 1 aromatic rings. The van der Waals surface area contributed by atoms with Gasteiger partial charge < -0.3 is 4.74 Å². The molecule has 0 saturated heterocycles. The zero-order valence-corrected chi connectivity index (χ0v) is 9.61. The summed E-state index contributed by atoms with van der Waals surface area (Å²) in [5.74, 6) is 0.146. The molecule has 3 nitrogen and oxygen atoms in total. The van der Waals surface area contributed by atoms with Gasteiger partial charge in [-0.25, -0.2) is 9.97 Å². The molecule has 0 aliphatic carbocycles. The lowest BCUT2D eigenvalue weighted by Gasteiger charge is -2.17. The molecule has 1 aliphatic heterocycles. The molecule has 0 saturated carbocycles. The number of nitrogens with zero attached hydrogens (tertiary/aromatic N) is 2. The van der Waals surface area contributed by atoms with Crippen LogP contribution in [0.4, 0.5) is 13.2 Å². The van der Waals surface area contributed by atoms with Crippen LogP contribution in [0.1, 0.15) is 23.5 Å². The van der Waals surface area contributed by atoms with Gasteiger partial charge in [-0.15, -0.1) is 0 Å². The van der Waals surface area contributed by atoms with Crippen molar-refractivity contribution in [2.45, 2.75) is 32.0 Å². The Kier molecular flexibility index (Phi) is 3.53. The van der Waals surface area contributed by atoms with E-state index in [1.165, 1.54) is 0 Å². The average Bonchev–Trinajstić information content (AvgIpc) is 2.26. The minimum absolute atomic E-state index is 0.146. The molecule has 2 rings (SSSR count). The Balaban J connectivity index is 2.16. The maximum absolute atomic E-state index is 12.1. The number of alkyl halides is 3. The van der Waals surface area contributed by atoms with Gasteiger partial charge in [-0.2, -0.15) is 13.2 Å². The van der Waals surface area contributed by atoms with E-state index >= 15 is 0 Å². The van der Waals surface area contributed by atoms with Gasteiger partial charge in [0.25, 0.3) is 0 Å². The van der Waals surface area contributed by atoms with Gasteiger partial charge in [0, 0.05) is 18.4 Å². The standard InChI is InChI=1S/C10H10ClF3N2O/c11-9-6-5-17-4-2-7(6)15-8(16-9)1-3-10(12,13)14/h1-5H2. The van der Waals surface area contributed by atoms with Crippen molar-refractivity contribution in [1.82, 2.24) is 9.97 Å². The van der Waals surface area contributed by atoms with E-state index in [1.54, 1.807) is 0 Å². The molecule has 1 aromatic heterocycles. The summed E-state index contributed by atoms with van der Waals surface area (Å²) in [4.78, 5) is 7.97. The summed E-state index contributed by atoms with van der Waals surface area (Å²) in [6.45, 7) is 0.840. The first kappa shape index (κ1) is 12.6. The maximum atomic E-state index is 12.1. The van der Waals surface area contributed by atoms with Crippen molar-refractivity contribution in [1.29, 1.82) is 0 Å². The molecule has 1 aliphatic rings. The summed E-state index contributed by atoms with van der Waals surface area (Å²) < 4.78 is 41.4. The lowest BCUT2D eigenvalue weighted by molar-refractivity contribution is -0.134. The van der Waals surface area contributed by atoms with Crippen LogP contribution in [0.5, 0.6) is 0 Å². The van der Waals surface area contributed by atoms with Crippen LogP contribution in [0.15, 0.2) is 0 Å². The lowest BCUT2D eigenvalue weighted by Crippen LogP contribution is -2.16. The third-order valence-corrected chi connectivity index (χ3v) is 2.76. The van der Waals surface area contributed by atoms with Crippen molar-refractivity contribution >= 4 is 11.6 Å². The molecule has 0 fully saturated rings. The molecule has 2 heterocycles. The minimum atomic E-state index is -4.20. The molecule has 0 radical (unpaired) electrons. The van der Waals surface area contributed by atoms with Gasteiger partial charge in [0.15, 0.2) is 0 Å². The summed E-state index contributed by atoms with van der Waals surface area (Å²) in [7, 11) is 0. The third kappa shape index (κ3) is 3.29. The van der Waals surface area contributed by atoms with Crippen molar-refractivity contribution < 1.29 is 17.9 Å². The highest BCUT2D eigenvalue weighted by atomic mass is 35.5. The summed E-state index contributed by atoms with van der Waals surface area (Å²) in [5.41, 5.74) is 1.39. The molecule has 0 unspecified atom stereocenters. The first-order chi connectivity index (χ1) is 7.96. The molecule has 0 amide bonds. The highest BCUT2D eigenvalue weighted by molar-refractivity contribution is 6.30. The fourth-order valence-corrected chi connectivity index (χ4v) is 1.87. The average molecular weight is 267 g/mol. The van der Waals surface area contributed by atoms with Crippen LogP contribution in [0, 0.1) is 0 Å². The summed E-state index contributed by atoms with van der Waals surface area (Å²) in [5, 5.41) is 0.201. The largest absolute Gasteiger partial charge is 0.389 e. The number of fused-ring (bicyclic) bond motifs is 1. The molecule has 17 heavy (non-hydrogen) atoms. The van der Waals surface area contributed by atoms with Gasteiger partial charge in [-0.1, -0.05) is 11.6 Å². The smallest absolute Gasteiger partial charge is 0.376 e. The molecular weight excluding hydrogens is 257 g/mol. The Morgan fingerprint density at radius 3 is 2.76 bits per heavy atom. The van der Waals surface area contributed by atoms with E-state index in [1.807, 2.05) is 0 Å². The van der Waals surface area contributed by atoms with Gasteiger partial charge in [0.05, 0.1) is 25.3 Å². The molecule has 7 heteroatoms. The number of aryl methyl sites for hydroxylation is 1. The van der Waals surface area contributed by atoms with E-state index < -0.39 is 12.6 Å². The topological polar surface area (TPSA) is 35.0 Å². The Morgan fingerprint density at radius 1 is 1.29 bits per heavy atom. The second-order valence-electron chi connectivity index (χ2n) is 3.77. The monoisotopic (exact) mass is 266 g/mol. The van der Waals surface area contributed by atoms with Crippen molar-refractivity contribution in [2.24, 2.45) is 0 Å². The fraction of sp³-hybridized carbons (Fsp3) is 0.600. The van der Waals surface area contributed by atoms with Gasteiger partial charge in [0.2, 0.25) is 0 Å². The highest BCUT2D eigenvalue weighted by Crippen LogP contribution is 2.25. The van der Waals surface area contributed by atoms with Crippen LogP contribution in [-0.4, -0.2) is 22.8 Å². The quantitative estimate of drug-likeness (QED) is 0.772. The van der Waals surface area contributed by atoms with Crippen LogP contribution < -0.4 is 0 Å². The van der Waals surface area contributed by atoms with Gasteiger partial charge in [0.1, 0.15) is 11.0 Å². The van der Waals surface area contributed by atoms with Crippen LogP contribution >= 0.6 is 11.6 Å². The second kappa shape index (κ2) is 4.78. The maximum Gasteiger partial charge on any atom is 0.389 e. The van der Waals surface area contributed by atoms with E-state index in [-0.39, 0.29) is 17.4 Å². The lowest BCUT2D eigenvalue weighted by atomic mass is 10.1. The molecule has 94 valence electrons. The van der Waals surface area contributed by atoms with E-state index in [2.05, 4.69) is 9.97 Å². The van der Waals surface area contributed by atoms with Crippen LogP contribution in [0.25, 0.3) is 0 Å². The number of hydrogen-bond acceptors (Lipinski definition) is 3. The van der Waals surface area contributed by atoms with Crippen molar-refractivity contribution in [3.05, 3.63) is 22.2 Å². The Bertz CT molecular complexity index is 423. The zero-order valence-electron chi connectivity index (χ0n) is 8.85. The summed E-state index contributed by atoms with van der Waals surface area (Å²) in [6, 6.07) is 0. The number of aromatic nitrogens is 2. The molecule has 0 aromatic carbocycles. The summed E-state index contributed by atoms with van der Waals surface area (Å²) in [6.07, 6.45) is -4.80. The van der Waals surface area contributed by atoms with Crippen molar-refractivity contribution in [3.63, 3.8) is 0 Å². The Labute approximate surface area is 101 Å². The van der Waals surface area contributed by atoms with Crippen molar-refractivity contribution in [2.75, 3.05) is 6.61 Å². The first-order valence-electron chi connectivity index (χ1n) is 5.14. The van der Waals surface area contributed by atoms with Crippen LogP contribution in [0.2, 0.25) is 5.15 Å². The number of hydrogen-bond donors (Lipinski definition) is 0. The molecule has 0 N–H and O–H groups in total. The van der Waals surface area contributed by atoms with Crippen molar-refractivity contribution in [3.8, 4) is 0 Å². The zero-order chi connectivity index (χ0) is 12.5. The molecule has 0 spiro atoms. The second-order valence-corrected chi connectivity index (χ2v) is 4.13. The first-order valence-corrected chi connectivity index (χ1v) is 5.52. The van der Waals surface area contributed by atoms with Gasteiger partial charge >= 0.3 is 6.18 Å². The van der Waals surface area contributed by atoms with E-state index in [9.17, 15) is 13.2 Å². The normalized spacial score (nSPS) is 15.8. The Hall–Kier alpha value is -0.880. The van der Waals surface area contributed by atoms with E-state index in [0.29, 0.717) is 30.9 Å². The number of ether oxygens (including phenoxy) is 1. The van der Waals surface area contributed by atoms with Gasteiger partial charge in [-0.3, -0.25) is 0 Å². The number of rotatable bonds is 2. The van der Waals surface area contributed by atoms with Crippen LogP contribution in [-0.2, 0) is 24.2 Å². The molecule has 0 atom stereocenters. The summed E-state index contributed by atoms with van der Waals surface area (Å²) >= 11 is 5.88. The van der Waals surface area contributed by atoms with E-state index in [4.69, 9.17) is 16.3 Å². The number of halogens is 4. The highest BCUT2D eigenvalue weighted by Gasteiger charge is 2.27. The molecular formula is C10H10ClF3N2O. The van der Waals surface area contributed by atoms with Crippen LogP contribution in [0.3, 0.4) is 0 Å². The van der Waals surface area contributed by atoms with E-state index in [0.717, 1.165) is 0 Å². The van der Waals surface area contributed by atoms with Gasteiger partial charge in [-0.05, 0) is 0 Å². The molecule has 0 bridgehead atoms. The Morgan fingerprint density at radius 2 is 2.06 bits per heavy atom.